The lowest BCUT2D eigenvalue weighted by Gasteiger charge is -2.24. The highest BCUT2D eigenvalue weighted by Gasteiger charge is 2.16. The normalized spacial score (nSPS) is 14.3. The lowest BCUT2D eigenvalue weighted by Crippen LogP contribution is -2.39. The molecule has 0 saturated carbocycles. The van der Waals surface area contributed by atoms with E-state index in [1.54, 1.807) is 12.1 Å². The number of hydrogen-bond donors (Lipinski definition) is 1. The molecule has 0 amide bonds. The molecule has 0 aliphatic carbocycles. The highest BCUT2D eigenvalue weighted by molar-refractivity contribution is 5.29. The molecule has 1 aromatic carbocycles. The maximum atomic E-state index is 13.5. The predicted molar refractivity (Wildman–Crippen MR) is 73.6 cm³/mol. The first-order valence-corrected chi connectivity index (χ1v) is 6.70. The highest BCUT2D eigenvalue weighted by atomic mass is 19.1. The summed E-state index contributed by atoms with van der Waals surface area (Å²) < 4.78 is 19.2. The molecular formula is C15H24FNO. The summed E-state index contributed by atoms with van der Waals surface area (Å²) >= 11 is 0. The minimum Gasteiger partial charge on any atom is -0.489 e. The van der Waals surface area contributed by atoms with E-state index in [0.29, 0.717) is 18.3 Å². The second kappa shape index (κ2) is 7.37. The van der Waals surface area contributed by atoms with Crippen molar-refractivity contribution < 1.29 is 9.13 Å². The Hall–Kier alpha value is -1.09. The summed E-state index contributed by atoms with van der Waals surface area (Å²) in [5.74, 6) is 0.569. The molecule has 0 saturated heterocycles. The molecule has 102 valence electrons. The van der Waals surface area contributed by atoms with Crippen LogP contribution < -0.4 is 10.1 Å². The smallest absolute Gasteiger partial charge is 0.165 e. The van der Waals surface area contributed by atoms with Crippen molar-refractivity contribution in [2.45, 2.75) is 40.2 Å². The zero-order valence-electron chi connectivity index (χ0n) is 11.8. The SMILES string of the molecule is CCNC(COc1cc(C)ccc1F)C(C)CC. The monoisotopic (exact) mass is 253 g/mol. The fourth-order valence-electron chi connectivity index (χ4n) is 1.87. The molecule has 0 spiro atoms. The molecule has 0 radical (unpaired) electrons. The number of ether oxygens (including phenoxy) is 1. The van der Waals surface area contributed by atoms with Gasteiger partial charge in [0.15, 0.2) is 11.6 Å². The maximum absolute atomic E-state index is 13.5. The van der Waals surface area contributed by atoms with Gasteiger partial charge in [0.05, 0.1) is 0 Å². The fourth-order valence-corrected chi connectivity index (χ4v) is 1.87. The highest BCUT2D eigenvalue weighted by Crippen LogP contribution is 2.19. The Morgan fingerprint density at radius 1 is 1.33 bits per heavy atom. The summed E-state index contributed by atoms with van der Waals surface area (Å²) in [6, 6.07) is 5.21. The Balaban J connectivity index is 2.63. The van der Waals surface area contributed by atoms with Gasteiger partial charge in [-0.25, -0.2) is 4.39 Å². The van der Waals surface area contributed by atoms with Crippen LogP contribution >= 0.6 is 0 Å². The van der Waals surface area contributed by atoms with Crippen LogP contribution in [0.2, 0.25) is 0 Å². The van der Waals surface area contributed by atoms with Gasteiger partial charge in [-0.3, -0.25) is 0 Å². The summed E-state index contributed by atoms with van der Waals surface area (Å²) in [5, 5.41) is 3.39. The second-order valence-electron chi connectivity index (χ2n) is 4.79. The standard InChI is InChI=1S/C15H24FNO/c1-5-12(4)14(17-6-2)10-18-15-9-11(3)7-8-13(15)16/h7-9,12,14,17H,5-6,10H2,1-4H3. The average molecular weight is 253 g/mol. The van der Waals surface area contributed by atoms with Crippen LogP contribution in [0.3, 0.4) is 0 Å². The first kappa shape index (κ1) is 15.0. The van der Waals surface area contributed by atoms with Gasteiger partial charge in [-0.2, -0.15) is 0 Å². The lowest BCUT2D eigenvalue weighted by molar-refractivity contribution is 0.215. The fraction of sp³-hybridized carbons (Fsp3) is 0.600. The lowest BCUT2D eigenvalue weighted by atomic mass is 10.00. The zero-order chi connectivity index (χ0) is 13.5. The van der Waals surface area contributed by atoms with Crippen molar-refractivity contribution in [3.8, 4) is 5.75 Å². The van der Waals surface area contributed by atoms with Crippen LogP contribution in [0.5, 0.6) is 5.75 Å². The molecule has 0 fully saturated rings. The van der Waals surface area contributed by atoms with Crippen molar-refractivity contribution >= 4 is 0 Å². The van der Waals surface area contributed by atoms with Crippen LogP contribution in [0.15, 0.2) is 18.2 Å². The minimum absolute atomic E-state index is 0.264. The first-order valence-electron chi connectivity index (χ1n) is 6.70. The molecule has 0 aliphatic heterocycles. The molecule has 0 heterocycles. The molecular weight excluding hydrogens is 229 g/mol. The number of rotatable bonds is 7. The molecule has 0 aliphatic rings. The summed E-state index contributed by atoms with van der Waals surface area (Å²) in [4.78, 5) is 0. The van der Waals surface area contributed by atoms with Crippen molar-refractivity contribution in [1.82, 2.24) is 5.32 Å². The Bertz CT molecular complexity index is 368. The summed E-state index contributed by atoms with van der Waals surface area (Å²) in [5.41, 5.74) is 1.01. The third kappa shape index (κ3) is 4.30. The summed E-state index contributed by atoms with van der Waals surface area (Å²) in [6.45, 7) is 9.74. The van der Waals surface area contributed by atoms with E-state index in [-0.39, 0.29) is 11.9 Å². The first-order chi connectivity index (χ1) is 8.58. The molecule has 2 unspecified atom stereocenters. The molecule has 0 aromatic heterocycles. The number of hydrogen-bond acceptors (Lipinski definition) is 2. The number of aryl methyl sites for hydroxylation is 1. The average Bonchev–Trinajstić information content (AvgIpc) is 2.37. The van der Waals surface area contributed by atoms with Gasteiger partial charge in [-0.05, 0) is 37.1 Å². The van der Waals surface area contributed by atoms with Gasteiger partial charge in [-0.15, -0.1) is 0 Å². The second-order valence-corrected chi connectivity index (χ2v) is 4.79. The summed E-state index contributed by atoms with van der Waals surface area (Å²) in [7, 11) is 0. The largest absolute Gasteiger partial charge is 0.489 e. The molecule has 3 heteroatoms. The molecule has 18 heavy (non-hydrogen) atoms. The Morgan fingerprint density at radius 2 is 2.06 bits per heavy atom. The van der Waals surface area contributed by atoms with Crippen LogP contribution in [-0.4, -0.2) is 19.2 Å². The Morgan fingerprint density at radius 3 is 2.67 bits per heavy atom. The molecule has 1 aromatic rings. The van der Waals surface area contributed by atoms with E-state index in [0.717, 1.165) is 18.5 Å². The third-order valence-corrected chi connectivity index (χ3v) is 3.30. The van der Waals surface area contributed by atoms with Gasteiger partial charge in [0.1, 0.15) is 6.61 Å². The molecule has 1 N–H and O–H groups in total. The van der Waals surface area contributed by atoms with E-state index in [1.807, 2.05) is 6.92 Å². The third-order valence-electron chi connectivity index (χ3n) is 3.30. The van der Waals surface area contributed by atoms with Gasteiger partial charge in [0.25, 0.3) is 0 Å². The number of benzene rings is 1. The minimum atomic E-state index is -0.292. The maximum Gasteiger partial charge on any atom is 0.165 e. The van der Waals surface area contributed by atoms with Crippen LogP contribution in [-0.2, 0) is 0 Å². The van der Waals surface area contributed by atoms with Crippen LogP contribution in [0.4, 0.5) is 4.39 Å². The molecule has 2 nitrogen and oxygen atoms in total. The quantitative estimate of drug-likeness (QED) is 0.802. The van der Waals surface area contributed by atoms with Crippen LogP contribution in [0, 0.1) is 18.7 Å². The predicted octanol–water partition coefficient (Wildman–Crippen LogP) is 3.54. The van der Waals surface area contributed by atoms with Gasteiger partial charge in [0, 0.05) is 6.04 Å². The molecule has 0 bridgehead atoms. The van der Waals surface area contributed by atoms with Gasteiger partial charge in [0.2, 0.25) is 0 Å². The van der Waals surface area contributed by atoms with Crippen molar-refractivity contribution in [3.05, 3.63) is 29.6 Å². The number of nitrogens with one attached hydrogen (secondary N) is 1. The van der Waals surface area contributed by atoms with Crippen molar-refractivity contribution in [2.24, 2.45) is 5.92 Å². The van der Waals surface area contributed by atoms with Crippen molar-refractivity contribution in [2.75, 3.05) is 13.2 Å². The van der Waals surface area contributed by atoms with Crippen LogP contribution in [0.25, 0.3) is 0 Å². The van der Waals surface area contributed by atoms with E-state index in [9.17, 15) is 4.39 Å². The van der Waals surface area contributed by atoms with Gasteiger partial charge < -0.3 is 10.1 Å². The van der Waals surface area contributed by atoms with E-state index >= 15 is 0 Å². The molecule has 1 rings (SSSR count). The zero-order valence-corrected chi connectivity index (χ0v) is 11.8. The van der Waals surface area contributed by atoms with Gasteiger partial charge in [-0.1, -0.05) is 33.3 Å². The van der Waals surface area contributed by atoms with E-state index in [2.05, 4.69) is 26.1 Å². The molecule has 2 atom stereocenters. The summed E-state index contributed by atoms with van der Waals surface area (Å²) in [6.07, 6.45) is 1.08. The van der Waals surface area contributed by atoms with Crippen LogP contribution in [0.1, 0.15) is 32.8 Å². The number of halogens is 1. The Kier molecular flexibility index (Phi) is 6.13. The van der Waals surface area contributed by atoms with Crippen molar-refractivity contribution in [3.63, 3.8) is 0 Å². The van der Waals surface area contributed by atoms with E-state index < -0.39 is 0 Å². The topological polar surface area (TPSA) is 21.3 Å². The van der Waals surface area contributed by atoms with E-state index in [4.69, 9.17) is 4.74 Å². The van der Waals surface area contributed by atoms with Crippen molar-refractivity contribution in [1.29, 1.82) is 0 Å². The van der Waals surface area contributed by atoms with E-state index in [1.165, 1.54) is 6.07 Å². The number of likely N-dealkylation sites (N-methyl/N-ethyl adjacent to an activating group) is 1. The Labute approximate surface area is 110 Å². The van der Waals surface area contributed by atoms with Gasteiger partial charge >= 0.3 is 0 Å².